The Morgan fingerprint density at radius 1 is 1.09 bits per heavy atom. The molecule has 1 aliphatic heterocycles. The number of nitrogen functional groups attached to an aromatic ring is 1. The Kier molecular flexibility index (Phi) is 5.61. The van der Waals surface area contributed by atoms with E-state index < -0.39 is 0 Å². The van der Waals surface area contributed by atoms with Gasteiger partial charge in [0, 0.05) is 24.5 Å². The summed E-state index contributed by atoms with van der Waals surface area (Å²) in [5.74, 6) is 1.53. The molecule has 0 aliphatic carbocycles. The summed E-state index contributed by atoms with van der Waals surface area (Å²) in [6.45, 7) is 1.89. The molecule has 0 saturated heterocycles. The topological polar surface area (TPSA) is 47.7 Å². The summed E-state index contributed by atoms with van der Waals surface area (Å²) in [6.07, 6.45) is 2.19. The Hall–Kier alpha value is -2.07. The molecular weight excluding hydrogens is 312 g/mol. The maximum Gasteiger partial charge on any atom is 0.161 e. The number of ether oxygens (including phenoxy) is 2. The second-order valence-corrected chi connectivity index (χ2v) is 5.56. The van der Waals surface area contributed by atoms with Gasteiger partial charge in [-0.05, 0) is 48.2 Å². The fraction of sp³-hybridized carbons (Fsp3) is 0.333. The molecule has 23 heavy (non-hydrogen) atoms. The van der Waals surface area contributed by atoms with Gasteiger partial charge < -0.3 is 20.1 Å². The lowest BCUT2D eigenvalue weighted by Crippen LogP contribution is -2.29. The van der Waals surface area contributed by atoms with Gasteiger partial charge >= 0.3 is 0 Å². The molecule has 2 aromatic rings. The van der Waals surface area contributed by atoms with Gasteiger partial charge in [0.1, 0.15) is 0 Å². The fourth-order valence-electron chi connectivity index (χ4n) is 3.09. The second-order valence-electron chi connectivity index (χ2n) is 5.56. The summed E-state index contributed by atoms with van der Waals surface area (Å²) in [7, 11) is 3.32. The van der Waals surface area contributed by atoms with Crippen LogP contribution in [0.25, 0.3) is 0 Å². The highest BCUT2D eigenvalue weighted by atomic mass is 35.5. The van der Waals surface area contributed by atoms with Crippen molar-refractivity contribution in [2.45, 2.75) is 19.4 Å². The molecule has 0 fully saturated rings. The highest BCUT2D eigenvalue weighted by molar-refractivity contribution is 5.85. The standard InChI is InChI=1S/C18H22N2O2.ClH/c1-21-17-9-8-13(11-18(17)22-2)12-20-10-4-5-14-15(19)6-3-7-16(14)20;/h3,6-9,11H,4-5,10,12,19H2,1-2H3;1H. The van der Waals surface area contributed by atoms with Crippen LogP contribution in [0.3, 0.4) is 0 Å². The number of anilines is 2. The van der Waals surface area contributed by atoms with Crippen molar-refractivity contribution in [1.29, 1.82) is 0 Å². The minimum atomic E-state index is 0. The summed E-state index contributed by atoms with van der Waals surface area (Å²) < 4.78 is 10.7. The predicted octanol–water partition coefficient (Wildman–Crippen LogP) is 3.66. The Morgan fingerprint density at radius 3 is 2.61 bits per heavy atom. The summed E-state index contributed by atoms with van der Waals surface area (Å²) in [4.78, 5) is 2.39. The van der Waals surface area contributed by atoms with Gasteiger partial charge in [-0.1, -0.05) is 12.1 Å². The van der Waals surface area contributed by atoms with E-state index in [2.05, 4.69) is 17.0 Å². The van der Waals surface area contributed by atoms with Crippen molar-refractivity contribution in [3.63, 3.8) is 0 Å². The third-order valence-electron chi connectivity index (χ3n) is 4.20. The average Bonchev–Trinajstić information content (AvgIpc) is 2.55. The number of halogens is 1. The third-order valence-corrected chi connectivity index (χ3v) is 4.20. The molecule has 0 spiro atoms. The first-order valence-corrected chi connectivity index (χ1v) is 7.56. The molecule has 5 heteroatoms. The van der Waals surface area contributed by atoms with E-state index in [4.69, 9.17) is 15.2 Å². The number of fused-ring (bicyclic) bond motifs is 1. The van der Waals surface area contributed by atoms with Crippen molar-refractivity contribution in [1.82, 2.24) is 0 Å². The van der Waals surface area contributed by atoms with E-state index in [1.165, 1.54) is 16.8 Å². The van der Waals surface area contributed by atoms with Gasteiger partial charge in [-0.15, -0.1) is 12.4 Å². The third kappa shape index (κ3) is 3.48. The number of methoxy groups -OCH3 is 2. The summed E-state index contributed by atoms with van der Waals surface area (Å²) in [5.41, 5.74) is 10.7. The minimum Gasteiger partial charge on any atom is -0.493 e. The van der Waals surface area contributed by atoms with Gasteiger partial charge in [-0.2, -0.15) is 0 Å². The summed E-state index contributed by atoms with van der Waals surface area (Å²) >= 11 is 0. The van der Waals surface area contributed by atoms with Crippen LogP contribution in [-0.4, -0.2) is 20.8 Å². The van der Waals surface area contributed by atoms with Crippen LogP contribution < -0.4 is 20.1 Å². The summed E-state index contributed by atoms with van der Waals surface area (Å²) in [5, 5.41) is 0. The van der Waals surface area contributed by atoms with Crippen LogP contribution in [0.1, 0.15) is 17.5 Å². The normalized spacial score (nSPS) is 13.0. The van der Waals surface area contributed by atoms with Gasteiger partial charge in [0.25, 0.3) is 0 Å². The molecule has 1 aliphatic rings. The maximum atomic E-state index is 6.12. The molecule has 0 atom stereocenters. The quantitative estimate of drug-likeness (QED) is 0.867. The van der Waals surface area contributed by atoms with E-state index in [9.17, 15) is 0 Å². The van der Waals surface area contributed by atoms with E-state index in [0.29, 0.717) is 0 Å². The smallest absolute Gasteiger partial charge is 0.161 e. The van der Waals surface area contributed by atoms with E-state index in [0.717, 1.165) is 43.1 Å². The Bertz CT molecular complexity index is 676. The van der Waals surface area contributed by atoms with Crippen LogP contribution in [-0.2, 0) is 13.0 Å². The van der Waals surface area contributed by atoms with Crippen molar-refractivity contribution in [2.24, 2.45) is 0 Å². The summed E-state index contributed by atoms with van der Waals surface area (Å²) in [6, 6.07) is 12.3. The van der Waals surface area contributed by atoms with Gasteiger partial charge in [-0.25, -0.2) is 0 Å². The Labute approximate surface area is 143 Å². The van der Waals surface area contributed by atoms with Crippen LogP contribution in [0.15, 0.2) is 36.4 Å². The molecule has 0 aromatic heterocycles. The zero-order valence-corrected chi connectivity index (χ0v) is 14.4. The van der Waals surface area contributed by atoms with Crippen LogP contribution in [0, 0.1) is 0 Å². The second kappa shape index (κ2) is 7.47. The number of benzene rings is 2. The first-order valence-electron chi connectivity index (χ1n) is 7.56. The molecule has 2 aromatic carbocycles. The maximum absolute atomic E-state index is 6.12. The number of hydrogen-bond donors (Lipinski definition) is 1. The molecule has 3 rings (SSSR count). The van der Waals surface area contributed by atoms with Gasteiger partial charge in [-0.3, -0.25) is 0 Å². The lowest BCUT2D eigenvalue weighted by atomic mass is 9.99. The lowest BCUT2D eigenvalue weighted by molar-refractivity contribution is 0.354. The van der Waals surface area contributed by atoms with Crippen LogP contribution in [0.2, 0.25) is 0 Å². The van der Waals surface area contributed by atoms with Crippen LogP contribution in [0.5, 0.6) is 11.5 Å². The monoisotopic (exact) mass is 334 g/mol. The van der Waals surface area contributed by atoms with Crippen molar-refractivity contribution in [2.75, 3.05) is 31.4 Å². The largest absolute Gasteiger partial charge is 0.493 e. The predicted molar refractivity (Wildman–Crippen MR) is 97.0 cm³/mol. The van der Waals surface area contributed by atoms with Gasteiger partial charge in [0.2, 0.25) is 0 Å². The molecule has 0 radical (unpaired) electrons. The average molecular weight is 335 g/mol. The number of nitrogens with two attached hydrogens (primary N) is 1. The molecule has 0 unspecified atom stereocenters. The lowest BCUT2D eigenvalue weighted by Gasteiger charge is -2.32. The van der Waals surface area contributed by atoms with Crippen molar-refractivity contribution in [3.05, 3.63) is 47.5 Å². The first kappa shape index (κ1) is 17.3. The zero-order chi connectivity index (χ0) is 15.5. The van der Waals surface area contributed by atoms with Gasteiger partial charge in [0.05, 0.1) is 14.2 Å². The highest BCUT2D eigenvalue weighted by Crippen LogP contribution is 2.33. The van der Waals surface area contributed by atoms with Crippen molar-refractivity contribution >= 4 is 23.8 Å². The van der Waals surface area contributed by atoms with E-state index in [-0.39, 0.29) is 12.4 Å². The Morgan fingerprint density at radius 2 is 1.87 bits per heavy atom. The minimum absolute atomic E-state index is 0. The van der Waals surface area contributed by atoms with Crippen molar-refractivity contribution in [3.8, 4) is 11.5 Å². The van der Waals surface area contributed by atoms with Crippen molar-refractivity contribution < 1.29 is 9.47 Å². The molecule has 0 amide bonds. The number of nitrogens with zero attached hydrogens (tertiary/aromatic N) is 1. The SMILES string of the molecule is COc1ccc(CN2CCCc3c(N)cccc32)cc1OC.Cl. The number of hydrogen-bond acceptors (Lipinski definition) is 4. The van der Waals surface area contributed by atoms with Gasteiger partial charge in [0.15, 0.2) is 11.5 Å². The first-order chi connectivity index (χ1) is 10.7. The van der Waals surface area contributed by atoms with E-state index >= 15 is 0 Å². The number of rotatable bonds is 4. The highest BCUT2D eigenvalue weighted by Gasteiger charge is 2.19. The molecule has 4 nitrogen and oxygen atoms in total. The van der Waals surface area contributed by atoms with E-state index in [1.54, 1.807) is 14.2 Å². The zero-order valence-electron chi connectivity index (χ0n) is 13.5. The molecule has 124 valence electrons. The molecule has 0 saturated carbocycles. The Balaban J connectivity index is 0.00000192. The van der Waals surface area contributed by atoms with Crippen LogP contribution in [0.4, 0.5) is 11.4 Å². The molecule has 1 heterocycles. The molecule has 2 N–H and O–H groups in total. The van der Waals surface area contributed by atoms with Crippen LogP contribution >= 0.6 is 12.4 Å². The fourth-order valence-corrected chi connectivity index (χ4v) is 3.09. The van der Waals surface area contributed by atoms with E-state index in [1.807, 2.05) is 24.3 Å². The molecule has 0 bridgehead atoms. The molecular formula is C18H23ClN2O2.